The first-order chi connectivity index (χ1) is 16.1. The molecule has 0 saturated carbocycles. The lowest BCUT2D eigenvalue weighted by molar-refractivity contribution is 0.0976. The van der Waals surface area contributed by atoms with Crippen molar-refractivity contribution in [1.82, 2.24) is 14.8 Å². The van der Waals surface area contributed by atoms with Gasteiger partial charge in [-0.3, -0.25) is 4.90 Å². The summed E-state index contributed by atoms with van der Waals surface area (Å²) >= 11 is 4.13. The minimum atomic E-state index is -0.857. The van der Waals surface area contributed by atoms with Crippen LogP contribution in [0.1, 0.15) is 34.4 Å². The van der Waals surface area contributed by atoms with Crippen LogP contribution < -0.4 is 4.74 Å². The van der Waals surface area contributed by atoms with Gasteiger partial charge in [-0.1, -0.05) is 76.4 Å². The summed E-state index contributed by atoms with van der Waals surface area (Å²) in [4.78, 5) is 19.8. The summed E-state index contributed by atoms with van der Waals surface area (Å²) in [5.74, 6) is 0. The number of amides is 1. The highest BCUT2D eigenvalue weighted by atomic mass is 127. The molecule has 3 heterocycles. The van der Waals surface area contributed by atoms with Gasteiger partial charge in [-0.2, -0.15) is 0 Å². The minimum absolute atomic E-state index is 0.198. The number of hydrogen-bond acceptors (Lipinski definition) is 5. The molecule has 1 fully saturated rings. The van der Waals surface area contributed by atoms with Crippen LogP contribution in [-0.4, -0.2) is 58.3 Å². The van der Waals surface area contributed by atoms with Crippen molar-refractivity contribution < 1.29 is 14.6 Å². The number of piperidine rings is 1. The average molecular weight is 575 g/mol. The van der Waals surface area contributed by atoms with Gasteiger partial charge in [0.1, 0.15) is 6.10 Å². The number of carboxylic acid groups (broad SMARTS) is 1. The van der Waals surface area contributed by atoms with Gasteiger partial charge in [0.25, 0.3) is 5.19 Å². The van der Waals surface area contributed by atoms with E-state index in [9.17, 15) is 4.79 Å². The molecule has 2 aromatic carbocycles. The first-order valence-corrected chi connectivity index (χ1v) is 13.3. The van der Waals surface area contributed by atoms with Gasteiger partial charge in [-0.25, -0.2) is 9.78 Å². The number of benzene rings is 2. The Kier molecular flexibility index (Phi) is 6.84. The van der Waals surface area contributed by atoms with Gasteiger partial charge in [0.2, 0.25) is 0 Å². The first-order valence-electron chi connectivity index (χ1n) is 11.2. The maximum Gasteiger partial charge on any atom is 0.407 e. The molecule has 0 aliphatic carbocycles. The summed E-state index contributed by atoms with van der Waals surface area (Å²) < 4.78 is 7.79. The van der Waals surface area contributed by atoms with E-state index in [0.29, 0.717) is 17.1 Å². The monoisotopic (exact) mass is 575 g/mol. The third-order valence-corrected chi connectivity index (χ3v) is 8.77. The van der Waals surface area contributed by atoms with E-state index in [-0.39, 0.29) is 6.10 Å². The Labute approximate surface area is 211 Å². The number of fused-ring (bicyclic) bond motifs is 1. The van der Waals surface area contributed by atoms with E-state index in [1.165, 1.54) is 16.0 Å². The molecule has 6 nitrogen and oxygen atoms in total. The Morgan fingerprint density at radius 3 is 2.64 bits per heavy atom. The van der Waals surface area contributed by atoms with Gasteiger partial charge in [0.05, 0.1) is 14.3 Å². The van der Waals surface area contributed by atoms with Crippen LogP contribution >= 0.6 is 33.9 Å². The molecule has 1 N–H and O–H groups in total. The molecule has 172 valence electrons. The molecule has 1 amide bonds. The molecule has 5 rings (SSSR count). The fourth-order valence-corrected chi connectivity index (χ4v) is 6.34. The van der Waals surface area contributed by atoms with E-state index in [0.717, 1.165) is 53.3 Å². The number of nitrogens with zero attached hydrogens (tertiary/aromatic N) is 3. The molecular weight excluding hydrogens is 549 g/mol. The van der Waals surface area contributed by atoms with E-state index in [1.54, 1.807) is 11.3 Å². The minimum Gasteiger partial charge on any atom is -0.467 e. The van der Waals surface area contributed by atoms with Crippen molar-refractivity contribution in [3.63, 3.8) is 0 Å². The number of thiazole rings is 1. The second kappa shape index (κ2) is 9.99. The van der Waals surface area contributed by atoms with Crippen molar-refractivity contribution >= 4 is 55.8 Å². The second-order valence-corrected chi connectivity index (χ2v) is 10.6. The highest BCUT2D eigenvalue weighted by molar-refractivity contribution is 14.1. The molecule has 0 radical (unpaired) electrons. The molecule has 2 aliphatic rings. The van der Waals surface area contributed by atoms with Gasteiger partial charge in [-0.15, -0.1) is 0 Å². The summed E-state index contributed by atoms with van der Waals surface area (Å²) in [6.45, 7) is 3.02. The lowest BCUT2D eigenvalue weighted by Crippen LogP contribution is -2.38. The van der Waals surface area contributed by atoms with Gasteiger partial charge < -0.3 is 14.7 Å². The molecule has 1 unspecified atom stereocenters. The van der Waals surface area contributed by atoms with Crippen molar-refractivity contribution in [3.05, 3.63) is 65.7 Å². The molecule has 8 heteroatoms. The average Bonchev–Trinajstić information content (AvgIpc) is 3.26. The van der Waals surface area contributed by atoms with Gasteiger partial charge in [-0.05, 0) is 48.1 Å². The fraction of sp³-hybridized carbons (Fsp3) is 0.360. The number of halogens is 1. The van der Waals surface area contributed by atoms with Crippen LogP contribution in [0.15, 0.2) is 54.6 Å². The Bertz CT molecular complexity index is 1160. The van der Waals surface area contributed by atoms with Gasteiger partial charge >= 0.3 is 6.09 Å². The summed E-state index contributed by atoms with van der Waals surface area (Å²) in [7, 11) is 0. The van der Waals surface area contributed by atoms with Crippen LogP contribution in [-0.2, 0) is 0 Å². The second-order valence-electron chi connectivity index (χ2n) is 8.47. The predicted molar refractivity (Wildman–Crippen MR) is 140 cm³/mol. The van der Waals surface area contributed by atoms with E-state index in [4.69, 9.17) is 14.8 Å². The standard InChI is InChI=1S/C25H26IN3O3S/c26-23(18-4-2-1-3-5-18)28-14-10-20(11-15-28)32-24-27-21-7-6-19(16-22(21)33-24)17-8-12-29(13-9-17)25(30)31/h1-8,16,20,23H,9-15H2,(H,30,31). The van der Waals surface area contributed by atoms with Crippen LogP contribution in [0.3, 0.4) is 0 Å². The molecule has 1 saturated heterocycles. The van der Waals surface area contributed by atoms with E-state index in [1.807, 2.05) is 12.1 Å². The zero-order chi connectivity index (χ0) is 22.8. The number of carbonyl (C=O) groups is 1. The van der Waals surface area contributed by atoms with Crippen LogP contribution in [0.25, 0.3) is 15.8 Å². The Balaban J connectivity index is 1.20. The summed E-state index contributed by atoms with van der Waals surface area (Å²) in [5.41, 5.74) is 4.65. The smallest absolute Gasteiger partial charge is 0.407 e. The third-order valence-electron chi connectivity index (χ3n) is 6.36. The predicted octanol–water partition coefficient (Wildman–Crippen LogP) is 6.04. The SMILES string of the molecule is O=C(O)N1CC=C(c2ccc3nc(OC4CCN(C(I)c5ccccc5)CC4)sc3c2)CC1. The van der Waals surface area contributed by atoms with Crippen LogP contribution in [0.2, 0.25) is 0 Å². The first kappa shape index (κ1) is 22.6. The number of likely N-dealkylation sites (tertiary alicyclic amines) is 1. The number of ether oxygens (including phenoxy) is 1. The highest BCUT2D eigenvalue weighted by Crippen LogP contribution is 2.35. The highest BCUT2D eigenvalue weighted by Gasteiger charge is 2.26. The van der Waals surface area contributed by atoms with E-state index in [2.05, 4.69) is 70.0 Å². The fourth-order valence-electron chi connectivity index (χ4n) is 4.44. The molecule has 2 aliphatic heterocycles. The maximum absolute atomic E-state index is 11.1. The molecule has 0 bridgehead atoms. The van der Waals surface area contributed by atoms with Crippen molar-refractivity contribution in [2.45, 2.75) is 29.4 Å². The molecule has 1 aromatic heterocycles. The van der Waals surface area contributed by atoms with Crippen molar-refractivity contribution in [2.75, 3.05) is 26.2 Å². The topological polar surface area (TPSA) is 65.9 Å². The Morgan fingerprint density at radius 2 is 1.94 bits per heavy atom. The van der Waals surface area contributed by atoms with Crippen LogP contribution in [0.5, 0.6) is 5.19 Å². The van der Waals surface area contributed by atoms with Crippen LogP contribution in [0, 0.1) is 0 Å². The van der Waals surface area contributed by atoms with E-state index < -0.39 is 6.09 Å². The lowest BCUT2D eigenvalue weighted by Gasteiger charge is -2.34. The summed E-state index contributed by atoms with van der Waals surface area (Å²) in [5, 5.41) is 9.88. The molecular formula is C25H26IN3O3S. The number of hydrogen-bond donors (Lipinski definition) is 1. The van der Waals surface area contributed by atoms with Gasteiger partial charge in [0.15, 0.2) is 0 Å². The van der Waals surface area contributed by atoms with E-state index >= 15 is 0 Å². The molecule has 3 aromatic rings. The number of rotatable bonds is 5. The van der Waals surface area contributed by atoms with Crippen molar-refractivity contribution in [2.24, 2.45) is 0 Å². The van der Waals surface area contributed by atoms with Gasteiger partial charge in [0, 0.05) is 26.2 Å². The quantitative estimate of drug-likeness (QED) is 0.228. The zero-order valence-corrected chi connectivity index (χ0v) is 21.2. The lowest BCUT2D eigenvalue weighted by atomic mass is 9.99. The van der Waals surface area contributed by atoms with Crippen LogP contribution in [0.4, 0.5) is 4.79 Å². The normalized spacial score (nSPS) is 18.8. The van der Waals surface area contributed by atoms with Crippen molar-refractivity contribution in [1.29, 1.82) is 0 Å². The molecule has 1 atom stereocenters. The summed E-state index contributed by atoms with van der Waals surface area (Å²) in [6.07, 6.45) is 4.09. The van der Waals surface area contributed by atoms with Crippen molar-refractivity contribution in [3.8, 4) is 5.19 Å². The molecule has 0 spiro atoms. The molecule has 33 heavy (non-hydrogen) atoms. The third kappa shape index (κ3) is 5.17. The summed E-state index contributed by atoms with van der Waals surface area (Å²) in [6, 6.07) is 16.9. The number of aromatic nitrogens is 1. The Hall–Kier alpha value is -2.17. The maximum atomic E-state index is 11.1. The largest absolute Gasteiger partial charge is 0.467 e. The zero-order valence-electron chi connectivity index (χ0n) is 18.2. The Morgan fingerprint density at radius 1 is 1.15 bits per heavy atom. The number of alkyl halides is 1.